The van der Waals surface area contributed by atoms with Gasteiger partial charge in [0.25, 0.3) is 5.91 Å². The summed E-state index contributed by atoms with van der Waals surface area (Å²) in [5.74, 6) is -0.202. The molecule has 1 saturated heterocycles. The highest BCUT2D eigenvalue weighted by atomic mass is 35.5. The van der Waals surface area contributed by atoms with Gasteiger partial charge in [-0.05, 0) is 51.1 Å². The second-order valence-corrected chi connectivity index (χ2v) is 10.8. The number of nitrogens with one attached hydrogen (secondary N) is 2. The topological polar surface area (TPSA) is 134 Å². The number of ether oxygens (including phenoxy) is 1. The van der Waals surface area contributed by atoms with E-state index in [-0.39, 0.29) is 24.3 Å². The third-order valence-electron chi connectivity index (χ3n) is 7.41. The average molecular weight is 551 g/mol. The van der Waals surface area contributed by atoms with Gasteiger partial charge in [-0.15, -0.1) is 0 Å². The molecule has 10 heteroatoms. The number of rotatable bonds is 16. The summed E-state index contributed by atoms with van der Waals surface area (Å²) in [7, 11) is 0. The van der Waals surface area contributed by atoms with Gasteiger partial charge < -0.3 is 31.1 Å². The van der Waals surface area contributed by atoms with E-state index in [9.17, 15) is 14.4 Å². The Morgan fingerprint density at radius 2 is 1.71 bits per heavy atom. The van der Waals surface area contributed by atoms with E-state index in [4.69, 9.17) is 27.2 Å². The Morgan fingerprint density at radius 1 is 1.03 bits per heavy atom. The van der Waals surface area contributed by atoms with Crippen molar-refractivity contribution in [1.29, 1.82) is 0 Å². The number of hydrogen-bond acceptors (Lipinski definition) is 6. The molecule has 2 aliphatic rings. The number of anilines is 1. The molecule has 5 N–H and O–H groups in total. The Labute approximate surface area is 230 Å². The summed E-state index contributed by atoms with van der Waals surface area (Å²) in [6, 6.07) is 1.74. The molecule has 0 saturated carbocycles. The summed E-state index contributed by atoms with van der Waals surface area (Å²) >= 11 is 6.24. The van der Waals surface area contributed by atoms with E-state index < -0.39 is 5.97 Å². The second-order valence-electron chi connectivity index (χ2n) is 10.4. The Hall–Kier alpha value is -2.52. The number of nitrogens with two attached hydrogens (primary N) is 1. The number of amides is 2. The van der Waals surface area contributed by atoms with Gasteiger partial charge >= 0.3 is 5.97 Å². The lowest BCUT2D eigenvalue weighted by Gasteiger charge is -2.32. The number of unbranched alkanes of at least 4 members (excludes halogenated alkanes) is 6. The van der Waals surface area contributed by atoms with Gasteiger partial charge in [-0.2, -0.15) is 0 Å². The van der Waals surface area contributed by atoms with Crippen LogP contribution in [0.3, 0.4) is 0 Å². The quantitative estimate of drug-likeness (QED) is 0.179. The van der Waals surface area contributed by atoms with Gasteiger partial charge in [-0.3, -0.25) is 14.4 Å². The monoisotopic (exact) mass is 550 g/mol. The molecule has 0 aliphatic carbocycles. The van der Waals surface area contributed by atoms with Crippen LogP contribution in [0.4, 0.5) is 5.69 Å². The first-order chi connectivity index (χ1) is 18.3. The number of nitrogens with zero attached hydrogens (tertiary/aromatic N) is 1. The van der Waals surface area contributed by atoms with Crippen LogP contribution in [-0.2, 0) is 16.0 Å². The molecule has 3 rings (SSSR count). The minimum absolute atomic E-state index is 0.117. The van der Waals surface area contributed by atoms with Gasteiger partial charge in [-0.1, -0.05) is 37.3 Å². The van der Waals surface area contributed by atoms with E-state index in [1.807, 2.05) is 0 Å². The molecule has 2 amide bonds. The average Bonchev–Trinajstić information content (AvgIpc) is 3.38. The van der Waals surface area contributed by atoms with Crippen molar-refractivity contribution in [2.75, 3.05) is 38.5 Å². The predicted octanol–water partition coefficient (Wildman–Crippen LogP) is 4.15. The van der Waals surface area contributed by atoms with Crippen molar-refractivity contribution < 1.29 is 24.2 Å². The molecule has 0 spiro atoms. The molecule has 2 heterocycles. The Kier molecular flexibility index (Phi) is 12.5. The zero-order valence-corrected chi connectivity index (χ0v) is 23.1. The lowest BCUT2D eigenvalue weighted by atomic mass is 10.0. The lowest BCUT2D eigenvalue weighted by Crippen LogP contribution is -2.44. The van der Waals surface area contributed by atoms with Crippen LogP contribution < -0.4 is 21.1 Å². The third kappa shape index (κ3) is 9.66. The van der Waals surface area contributed by atoms with Crippen LogP contribution in [0.5, 0.6) is 5.75 Å². The van der Waals surface area contributed by atoms with Gasteiger partial charge in [0.15, 0.2) is 0 Å². The maximum absolute atomic E-state index is 12.9. The van der Waals surface area contributed by atoms with Crippen LogP contribution in [0.1, 0.15) is 93.0 Å². The van der Waals surface area contributed by atoms with Crippen LogP contribution in [0.25, 0.3) is 0 Å². The van der Waals surface area contributed by atoms with E-state index in [0.717, 1.165) is 89.4 Å². The van der Waals surface area contributed by atoms with E-state index in [2.05, 4.69) is 15.5 Å². The highest BCUT2D eigenvalue weighted by Crippen LogP contribution is 2.38. The lowest BCUT2D eigenvalue weighted by molar-refractivity contribution is -0.137. The zero-order chi connectivity index (χ0) is 27.3. The summed E-state index contributed by atoms with van der Waals surface area (Å²) in [5.41, 5.74) is 7.84. The first-order valence-corrected chi connectivity index (χ1v) is 14.5. The fraction of sp³-hybridized carbons (Fsp3) is 0.679. The van der Waals surface area contributed by atoms with Crippen molar-refractivity contribution in [3.8, 4) is 5.75 Å². The van der Waals surface area contributed by atoms with Crippen molar-refractivity contribution in [3.05, 3.63) is 22.2 Å². The number of nitrogen functional groups attached to an aromatic ring is 1. The summed E-state index contributed by atoms with van der Waals surface area (Å²) in [6.07, 6.45) is 10.9. The highest BCUT2D eigenvalue weighted by molar-refractivity contribution is 6.33. The number of fused-ring (bicyclic) bond motifs is 1. The number of likely N-dealkylation sites (tertiary alicyclic amines) is 1. The van der Waals surface area contributed by atoms with Crippen LogP contribution in [0.2, 0.25) is 5.02 Å². The molecule has 0 unspecified atom stereocenters. The number of carboxylic acids is 1. The zero-order valence-electron chi connectivity index (χ0n) is 22.4. The van der Waals surface area contributed by atoms with E-state index in [1.54, 1.807) is 6.07 Å². The molecule has 1 aromatic rings. The largest absolute Gasteiger partial charge is 0.492 e. The third-order valence-corrected chi connectivity index (χ3v) is 7.72. The van der Waals surface area contributed by atoms with Crippen molar-refractivity contribution in [1.82, 2.24) is 15.5 Å². The Morgan fingerprint density at radius 3 is 2.47 bits per heavy atom. The molecule has 0 bridgehead atoms. The van der Waals surface area contributed by atoms with Crippen molar-refractivity contribution in [2.45, 2.75) is 89.5 Å². The van der Waals surface area contributed by atoms with Gasteiger partial charge in [0.1, 0.15) is 5.75 Å². The maximum atomic E-state index is 12.9. The first-order valence-electron chi connectivity index (χ1n) is 14.1. The summed E-state index contributed by atoms with van der Waals surface area (Å²) < 4.78 is 5.67. The van der Waals surface area contributed by atoms with Crippen LogP contribution in [-0.4, -0.2) is 66.6 Å². The number of benzene rings is 1. The number of hydrogen-bond donors (Lipinski definition) is 4. The first kappa shape index (κ1) is 30.0. The van der Waals surface area contributed by atoms with Gasteiger partial charge in [0, 0.05) is 50.5 Å². The fourth-order valence-electron chi connectivity index (χ4n) is 5.15. The smallest absolute Gasteiger partial charge is 0.303 e. The highest BCUT2D eigenvalue weighted by Gasteiger charge is 2.27. The maximum Gasteiger partial charge on any atom is 0.303 e. The molecule has 0 radical (unpaired) electrons. The van der Waals surface area contributed by atoms with E-state index >= 15 is 0 Å². The van der Waals surface area contributed by atoms with Crippen LogP contribution in [0, 0.1) is 0 Å². The fourth-order valence-corrected chi connectivity index (χ4v) is 5.37. The molecular weight excluding hydrogens is 508 g/mol. The van der Waals surface area contributed by atoms with E-state index in [1.165, 1.54) is 0 Å². The number of carbonyl (C=O) groups is 3. The molecule has 0 aromatic heterocycles. The molecule has 1 aromatic carbocycles. The van der Waals surface area contributed by atoms with Crippen LogP contribution >= 0.6 is 11.6 Å². The molecule has 0 atom stereocenters. The molecule has 2 aliphatic heterocycles. The number of carbonyl (C=O) groups excluding carboxylic acids is 2. The number of carboxylic acid groups (broad SMARTS) is 1. The van der Waals surface area contributed by atoms with Crippen molar-refractivity contribution in [3.63, 3.8) is 0 Å². The minimum atomic E-state index is -0.733. The Balaban J connectivity index is 1.21. The molecule has 9 nitrogen and oxygen atoms in total. The number of piperidine rings is 1. The van der Waals surface area contributed by atoms with Gasteiger partial charge in [-0.25, -0.2) is 0 Å². The van der Waals surface area contributed by atoms with Gasteiger partial charge in [0.05, 0.1) is 22.9 Å². The predicted molar refractivity (Wildman–Crippen MR) is 149 cm³/mol. The van der Waals surface area contributed by atoms with E-state index in [0.29, 0.717) is 48.0 Å². The number of aliphatic carboxylic acids is 1. The summed E-state index contributed by atoms with van der Waals surface area (Å²) in [5, 5.41) is 15.1. The molecule has 1 fully saturated rings. The normalized spacial score (nSPS) is 15.6. The minimum Gasteiger partial charge on any atom is -0.492 e. The van der Waals surface area contributed by atoms with Gasteiger partial charge in [0.2, 0.25) is 5.91 Å². The SMILES string of the molecule is Nc1c(Cl)cc(C(=O)NC2CCN(CCCCCC(=O)NCCCCCCCC(=O)O)CC2)c2c1CCO2. The molecule has 212 valence electrons. The standard InChI is InChI=1S/C28H43ClN4O5/c29-23-19-22(27-21(26(23)30)13-18-38-27)28(37)32-20-11-16-33(17-12-20)15-8-4-5-9-24(34)31-14-7-3-1-2-6-10-25(35)36/h19-20H,1-18,30H2,(H,31,34)(H,32,37)(H,35,36). The summed E-state index contributed by atoms with van der Waals surface area (Å²) in [4.78, 5) is 37.8. The summed E-state index contributed by atoms with van der Waals surface area (Å²) in [6.45, 7) is 4.11. The molecular formula is C28H43ClN4O5. The van der Waals surface area contributed by atoms with Crippen molar-refractivity contribution >= 4 is 35.1 Å². The van der Waals surface area contributed by atoms with Crippen molar-refractivity contribution in [2.24, 2.45) is 0 Å². The Bertz CT molecular complexity index is 950. The number of halogens is 1. The van der Waals surface area contributed by atoms with Crippen LogP contribution in [0.15, 0.2) is 6.07 Å². The molecule has 38 heavy (non-hydrogen) atoms. The second kappa shape index (κ2) is 15.8.